The summed E-state index contributed by atoms with van der Waals surface area (Å²) in [5.41, 5.74) is 2.39. The van der Waals surface area contributed by atoms with Crippen molar-refractivity contribution in [2.45, 2.75) is 146 Å². The van der Waals surface area contributed by atoms with Crippen molar-refractivity contribution in [1.29, 1.82) is 0 Å². The van der Waals surface area contributed by atoms with Crippen molar-refractivity contribution < 1.29 is 32.3 Å². The quantitative estimate of drug-likeness (QED) is 0.101. The lowest BCUT2D eigenvalue weighted by atomic mass is 9.79. The number of rotatable bonds is 18. The van der Waals surface area contributed by atoms with Crippen LogP contribution in [-0.2, 0) is 37.1 Å². The molecule has 1 heterocycles. The van der Waals surface area contributed by atoms with Crippen LogP contribution in [0, 0.1) is 5.92 Å². The average Bonchev–Trinajstić information content (AvgIpc) is 3.88. The number of hydrogen-bond acceptors (Lipinski definition) is 7. The van der Waals surface area contributed by atoms with Crippen molar-refractivity contribution in [3.05, 3.63) is 29.6 Å². The maximum Gasteiger partial charge on any atom is 0.248 e. The van der Waals surface area contributed by atoms with Gasteiger partial charge in [0, 0.05) is 45.3 Å². The highest BCUT2D eigenvalue weighted by molar-refractivity contribution is 7.90. The van der Waals surface area contributed by atoms with E-state index < -0.39 is 42.2 Å². The van der Waals surface area contributed by atoms with Gasteiger partial charge in [-0.25, -0.2) is 13.8 Å². The maximum atomic E-state index is 13.5. The number of carbonyl (C=O) groups excluding carboxylic acids is 1. The molecular weight excluding hydrogens is 643 g/mol. The van der Waals surface area contributed by atoms with Crippen LogP contribution in [0.25, 0.3) is 11.0 Å². The van der Waals surface area contributed by atoms with Crippen LogP contribution in [0.2, 0.25) is 25.7 Å². The molecular formula is C34H54F2N4O5SSi. The second kappa shape index (κ2) is 14.7. The van der Waals surface area contributed by atoms with Gasteiger partial charge in [0.15, 0.2) is 0 Å². The highest BCUT2D eigenvalue weighted by Crippen LogP contribution is 2.44. The normalized spacial score (nSPS) is 21.3. The van der Waals surface area contributed by atoms with E-state index in [1.165, 1.54) is 0 Å². The van der Waals surface area contributed by atoms with Gasteiger partial charge in [-0.05, 0) is 83.0 Å². The molecule has 13 heteroatoms. The van der Waals surface area contributed by atoms with Crippen LogP contribution in [0.3, 0.4) is 0 Å². The number of amides is 1. The summed E-state index contributed by atoms with van der Waals surface area (Å²) in [6, 6.07) is 6.01. The highest BCUT2D eigenvalue weighted by atomic mass is 32.2. The van der Waals surface area contributed by atoms with Gasteiger partial charge in [0.05, 0.1) is 42.0 Å². The van der Waals surface area contributed by atoms with Crippen LogP contribution in [-0.4, -0.2) is 70.3 Å². The molecule has 0 radical (unpaired) electrons. The maximum absolute atomic E-state index is 13.5. The lowest BCUT2D eigenvalue weighted by Crippen LogP contribution is -2.45. The Balaban J connectivity index is 1.44. The Morgan fingerprint density at radius 3 is 2.45 bits per heavy atom. The molecule has 0 aliphatic heterocycles. The molecule has 9 nitrogen and oxygen atoms in total. The number of imidazole rings is 1. The van der Waals surface area contributed by atoms with E-state index >= 15 is 0 Å². The van der Waals surface area contributed by atoms with Gasteiger partial charge in [-0.2, -0.15) is 0 Å². The Labute approximate surface area is 282 Å². The summed E-state index contributed by atoms with van der Waals surface area (Å²) in [4.78, 5) is 18.1. The van der Waals surface area contributed by atoms with Crippen molar-refractivity contribution in [3.8, 4) is 0 Å². The smallest absolute Gasteiger partial charge is 0.248 e. The summed E-state index contributed by atoms with van der Waals surface area (Å²) in [5, 5.41) is 3.06. The molecule has 264 valence electrons. The van der Waals surface area contributed by atoms with Gasteiger partial charge in [0.25, 0.3) is 0 Å². The van der Waals surface area contributed by atoms with Crippen molar-refractivity contribution in [2.75, 3.05) is 13.2 Å². The Morgan fingerprint density at radius 1 is 1.17 bits per heavy atom. The van der Waals surface area contributed by atoms with Gasteiger partial charge in [-0.15, -0.1) is 4.72 Å². The SMILES string of the molecule is C[C@@H](OC1CC1)[C@H](N[S+]([O-])C(C)(C)C)c1nc2cc([C@@H](COC3CC3)NC(=O)CC3CC(F)(F)C3)ccc2n1COCC[Si](C)(C)C. The first-order chi connectivity index (χ1) is 22.0. The second-order valence-corrected chi connectivity index (χ2v) is 23.6. The molecule has 0 spiro atoms. The molecule has 5 rings (SSSR count). The Bertz CT molecular complexity index is 1370. The topological polar surface area (TPSA) is 110 Å². The number of nitrogens with zero attached hydrogens (tertiary/aromatic N) is 2. The molecule has 3 aliphatic rings. The van der Waals surface area contributed by atoms with Crippen molar-refractivity contribution in [2.24, 2.45) is 5.92 Å². The largest absolute Gasteiger partial charge is 0.598 e. The zero-order valence-corrected chi connectivity index (χ0v) is 30.9. The van der Waals surface area contributed by atoms with Crippen LogP contribution in [0.5, 0.6) is 0 Å². The molecule has 1 aromatic carbocycles. The summed E-state index contributed by atoms with van der Waals surface area (Å²) >= 11 is -1.39. The Morgan fingerprint density at radius 2 is 1.85 bits per heavy atom. The van der Waals surface area contributed by atoms with E-state index in [1.807, 2.05) is 50.5 Å². The predicted molar refractivity (Wildman–Crippen MR) is 183 cm³/mol. The number of halogens is 2. The van der Waals surface area contributed by atoms with E-state index in [1.54, 1.807) is 0 Å². The zero-order chi connectivity index (χ0) is 34.1. The second-order valence-electron chi connectivity index (χ2n) is 16.0. The van der Waals surface area contributed by atoms with Crippen molar-refractivity contribution in [3.63, 3.8) is 0 Å². The minimum atomic E-state index is -2.66. The Hall–Kier alpha value is -1.61. The minimum absolute atomic E-state index is 0.0719. The number of hydrogen-bond donors (Lipinski definition) is 2. The Kier molecular flexibility index (Phi) is 11.5. The van der Waals surface area contributed by atoms with E-state index in [2.05, 4.69) is 29.7 Å². The van der Waals surface area contributed by atoms with E-state index in [0.29, 0.717) is 17.9 Å². The van der Waals surface area contributed by atoms with Crippen molar-refractivity contribution in [1.82, 2.24) is 19.6 Å². The number of carbonyl (C=O) groups is 1. The van der Waals surface area contributed by atoms with Crippen molar-refractivity contribution >= 4 is 36.4 Å². The summed E-state index contributed by atoms with van der Waals surface area (Å²) < 4.78 is 63.8. The standard InChI is InChI=1S/C34H54F2N4O5SSi/c1-22(45-26-11-12-26)31(39-46(42)33(2,3)4)32-38-27-17-24(8-13-29(27)40(32)21-43-14-15-47(5,6)7)28(20-44-25-9-10-25)37-30(41)16-23-18-34(35,36)19-23/h8,13,17,22-23,25-26,28,31,39H,9-12,14-16,18-21H2,1-7H3,(H,37,41)/t22-,28-,31+,46?/m1/s1. The monoisotopic (exact) mass is 696 g/mol. The minimum Gasteiger partial charge on any atom is -0.598 e. The molecule has 0 bridgehead atoms. The number of fused-ring (bicyclic) bond motifs is 1. The fourth-order valence-electron chi connectivity index (χ4n) is 5.66. The first-order valence-electron chi connectivity index (χ1n) is 17.2. The summed E-state index contributed by atoms with van der Waals surface area (Å²) in [7, 11) is -1.31. The van der Waals surface area contributed by atoms with Gasteiger partial charge in [0.1, 0.15) is 23.3 Å². The summed E-state index contributed by atoms with van der Waals surface area (Å²) in [6.45, 7) is 16.0. The molecule has 0 saturated heterocycles. The average molecular weight is 697 g/mol. The first kappa shape index (κ1) is 36.7. The van der Waals surface area contributed by atoms with Crippen LogP contribution >= 0.6 is 0 Å². The van der Waals surface area contributed by atoms with Gasteiger partial charge < -0.3 is 28.6 Å². The van der Waals surface area contributed by atoms with Crippen LogP contribution in [0.15, 0.2) is 18.2 Å². The summed E-state index contributed by atoms with van der Waals surface area (Å²) in [5.74, 6) is -2.54. The van der Waals surface area contributed by atoms with Crippen LogP contribution in [0.4, 0.5) is 8.78 Å². The fourth-order valence-corrected chi connectivity index (χ4v) is 7.30. The van der Waals surface area contributed by atoms with Gasteiger partial charge in [0.2, 0.25) is 11.8 Å². The molecule has 4 atom stereocenters. The molecule has 3 fully saturated rings. The molecule has 2 N–H and O–H groups in total. The third-order valence-corrected chi connectivity index (χ3v) is 12.2. The molecule has 1 amide bonds. The molecule has 2 aromatic rings. The lowest BCUT2D eigenvalue weighted by molar-refractivity contribution is -0.134. The van der Waals surface area contributed by atoms with Gasteiger partial charge in [-0.3, -0.25) is 4.79 Å². The lowest BCUT2D eigenvalue weighted by Gasteiger charge is -2.34. The third kappa shape index (κ3) is 10.7. The molecule has 3 aliphatic carbocycles. The number of alkyl halides is 2. The molecule has 3 saturated carbocycles. The number of aromatic nitrogens is 2. The van der Waals surface area contributed by atoms with Gasteiger partial charge in [-0.1, -0.05) is 25.7 Å². The number of benzene rings is 1. The zero-order valence-electron chi connectivity index (χ0n) is 29.1. The fraction of sp³-hybridized carbons (Fsp3) is 0.765. The van der Waals surface area contributed by atoms with E-state index in [4.69, 9.17) is 19.2 Å². The van der Waals surface area contributed by atoms with Crippen LogP contribution < -0.4 is 10.0 Å². The van der Waals surface area contributed by atoms with Gasteiger partial charge >= 0.3 is 0 Å². The first-order valence-corrected chi connectivity index (χ1v) is 22.0. The predicted octanol–water partition coefficient (Wildman–Crippen LogP) is 6.78. The number of ether oxygens (including phenoxy) is 3. The summed E-state index contributed by atoms with van der Waals surface area (Å²) in [6.07, 6.45) is 3.67. The molecule has 1 aromatic heterocycles. The van der Waals surface area contributed by atoms with E-state index in [9.17, 15) is 18.1 Å². The van der Waals surface area contributed by atoms with Crippen LogP contribution in [0.1, 0.15) is 96.1 Å². The highest BCUT2D eigenvalue weighted by Gasteiger charge is 2.46. The molecule has 47 heavy (non-hydrogen) atoms. The molecule has 1 unspecified atom stereocenters. The number of nitrogens with one attached hydrogen (secondary N) is 2. The third-order valence-electron chi connectivity index (χ3n) is 8.90. The van der Waals surface area contributed by atoms with E-state index in [0.717, 1.165) is 42.8 Å². The van der Waals surface area contributed by atoms with E-state index in [-0.39, 0.29) is 62.7 Å².